The molecule has 0 saturated heterocycles. The second kappa shape index (κ2) is 6.84. The third kappa shape index (κ3) is 4.33. The van der Waals surface area contributed by atoms with Crippen molar-refractivity contribution in [1.29, 1.82) is 0 Å². The van der Waals surface area contributed by atoms with Crippen LogP contribution in [0.25, 0.3) is 6.08 Å². The van der Waals surface area contributed by atoms with Crippen molar-refractivity contribution in [3.05, 3.63) is 52.5 Å². The molecule has 5 nitrogen and oxygen atoms in total. The van der Waals surface area contributed by atoms with Gasteiger partial charge in [0, 0.05) is 23.5 Å². The standard InChI is InChI=1S/C13H13BrN4O/c14-11-4-2-1-3-10(11)5-6-13(19)15-8-7-12-16-9-17-18-12/h1-6,9H,7-8H2,(H,15,19)(H,16,17,18). The second-order valence-corrected chi connectivity index (χ2v) is 4.68. The van der Waals surface area contributed by atoms with E-state index in [1.807, 2.05) is 24.3 Å². The van der Waals surface area contributed by atoms with E-state index in [9.17, 15) is 4.79 Å². The summed E-state index contributed by atoms with van der Waals surface area (Å²) in [4.78, 5) is 15.6. The van der Waals surface area contributed by atoms with E-state index in [-0.39, 0.29) is 5.91 Å². The van der Waals surface area contributed by atoms with Crippen LogP contribution in [-0.2, 0) is 11.2 Å². The molecule has 0 saturated carbocycles. The van der Waals surface area contributed by atoms with Gasteiger partial charge in [-0.3, -0.25) is 9.89 Å². The van der Waals surface area contributed by atoms with Crippen LogP contribution in [0.3, 0.4) is 0 Å². The SMILES string of the molecule is O=C(C=Cc1ccccc1Br)NCCc1ncn[nH]1. The summed E-state index contributed by atoms with van der Waals surface area (Å²) in [6, 6.07) is 7.72. The van der Waals surface area contributed by atoms with E-state index < -0.39 is 0 Å². The summed E-state index contributed by atoms with van der Waals surface area (Å²) >= 11 is 3.42. The molecule has 0 unspecified atom stereocenters. The highest BCUT2D eigenvalue weighted by molar-refractivity contribution is 9.10. The zero-order valence-corrected chi connectivity index (χ0v) is 11.7. The van der Waals surface area contributed by atoms with Gasteiger partial charge in [-0.2, -0.15) is 5.10 Å². The highest BCUT2D eigenvalue weighted by atomic mass is 79.9. The smallest absolute Gasteiger partial charge is 0.244 e. The second-order valence-electron chi connectivity index (χ2n) is 3.83. The Balaban J connectivity index is 1.79. The van der Waals surface area contributed by atoms with Gasteiger partial charge < -0.3 is 5.32 Å². The van der Waals surface area contributed by atoms with E-state index in [1.165, 1.54) is 12.4 Å². The number of benzene rings is 1. The maximum atomic E-state index is 11.6. The molecule has 1 heterocycles. The minimum atomic E-state index is -0.129. The largest absolute Gasteiger partial charge is 0.352 e. The Kier molecular flexibility index (Phi) is 4.85. The number of nitrogens with zero attached hydrogens (tertiary/aromatic N) is 2. The van der Waals surface area contributed by atoms with E-state index in [0.717, 1.165) is 15.9 Å². The van der Waals surface area contributed by atoms with Crippen molar-refractivity contribution in [3.63, 3.8) is 0 Å². The number of nitrogens with one attached hydrogen (secondary N) is 2. The topological polar surface area (TPSA) is 70.7 Å². The van der Waals surface area contributed by atoms with Gasteiger partial charge in [0.15, 0.2) is 0 Å². The molecule has 0 atom stereocenters. The normalized spacial score (nSPS) is 10.8. The quantitative estimate of drug-likeness (QED) is 0.827. The minimum Gasteiger partial charge on any atom is -0.352 e. The number of rotatable bonds is 5. The summed E-state index contributed by atoms with van der Waals surface area (Å²) in [6.45, 7) is 0.522. The van der Waals surface area contributed by atoms with Crippen molar-refractivity contribution in [2.45, 2.75) is 6.42 Å². The first kappa shape index (κ1) is 13.5. The molecule has 0 aliphatic rings. The maximum absolute atomic E-state index is 11.6. The summed E-state index contributed by atoms with van der Waals surface area (Å²) in [5.74, 6) is 0.630. The van der Waals surface area contributed by atoms with Crippen molar-refractivity contribution < 1.29 is 4.79 Å². The molecule has 2 rings (SSSR count). The molecule has 19 heavy (non-hydrogen) atoms. The number of halogens is 1. The molecule has 0 fully saturated rings. The molecule has 1 aromatic heterocycles. The average molecular weight is 321 g/mol. The number of hydrogen-bond donors (Lipinski definition) is 2. The van der Waals surface area contributed by atoms with Crippen molar-refractivity contribution in [3.8, 4) is 0 Å². The number of aromatic amines is 1. The molecule has 0 radical (unpaired) electrons. The van der Waals surface area contributed by atoms with Gasteiger partial charge in [-0.15, -0.1) is 0 Å². The highest BCUT2D eigenvalue weighted by Gasteiger charge is 1.99. The first-order valence-electron chi connectivity index (χ1n) is 5.80. The van der Waals surface area contributed by atoms with Crippen molar-refractivity contribution in [1.82, 2.24) is 20.5 Å². The lowest BCUT2D eigenvalue weighted by Crippen LogP contribution is -2.23. The van der Waals surface area contributed by atoms with Gasteiger partial charge in [0.1, 0.15) is 12.2 Å². The van der Waals surface area contributed by atoms with Crippen LogP contribution in [-0.4, -0.2) is 27.6 Å². The average Bonchev–Trinajstić information content (AvgIpc) is 2.91. The monoisotopic (exact) mass is 320 g/mol. The first-order valence-corrected chi connectivity index (χ1v) is 6.59. The fraction of sp³-hybridized carbons (Fsp3) is 0.154. The molecule has 1 aromatic carbocycles. The molecule has 1 amide bonds. The van der Waals surface area contributed by atoms with Crippen LogP contribution in [0, 0.1) is 0 Å². The van der Waals surface area contributed by atoms with Crippen LogP contribution in [0.1, 0.15) is 11.4 Å². The van der Waals surface area contributed by atoms with Crippen LogP contribution in [0.5, 0.6) is 0 Å². The lowest BCUT2D eigenvalue weighted by atomic mass is 10.2. The van der Waals surface area contributed by atoms with Gasteiger partial charge in [-0.1, -0.05) is 34.1 Å². The summed E-state index contributed by atoms with van der Waals surface area (Å²) in [7, 11) is 0. The molecule has 0 aliphatic carbocycles. The number of carbonyl (C=O) groups is 1. The lowest BCUT2D eigenvalue weighted by molar-refractivity contribution is -0.116. The third-order valence-corrected chi connectivity index (χ3v) is 3.17. The molecular formula is C13H13BrN4O. The van der Waals surface area contributed by atoms with Crippen molar-refractivity contribution in [2.75, 3.05) is 6.54 Å². The summed E-state index contributed by atoms with van der Waals surface area (Å²) in [5, 5.41) is 9.26. The van der Waals surface area contributed by atoms with Gasteiger partial charge in [-0.25, -0.2) is 4.98 Å². The molecule has 0 spiro atoms. The fourth-order valence-corrected chi connectivity index (χ4v) is 1.91. The van der Waals surface area contributed by atoms with E-state index in [1.54, 1.807) is 6.08 Å². The van der Waals surface area contributed by atoms with Crippen molar-refractivity contribution in [2.24, 2.45) is 0 Å². The summed E-state index contributed by atoms with van der Waals surface area (Å²) in [5.41, 5.74) is 0.966. The van der Waals surface area contributed by atoms with Gasteiger partial charge in [0.05, 0.1) is 0 Å². The third-order valence-electron chi connectivity index (χ3n) is 2.45. The van der Waals surface area contributed by atoms with E-state index >= 15 is 0 Å². The Morgan fingerprint density at radius 2 is 2.26 bits per heavy atom. The van der Waals surface area contributed by atoms with E-state index in [4.69, 9.17) is 0 Å². The first-order chi connectivity index (χ1) is 9.25. The van der Waals surface area contributed by atoms with Gasteiger partial charge >= 0.3 is 0 Å². The van der Waals surface area contributed by atoms with Gasteiger partial charge in [0.2, 0.25) is 5.91 Å². The van der Waals surface area contributed by atoms with Crippen molar-refractivity contribution >= 4 is 27.9 Å². The molecule has 0 aliphatic heterocycles. The van der Waals surface area contributed by atoms with Crippen LogP contribution < -0.4 is 5.32 Å². The van der Waals surface area contributed by atoms with E-state index in [2.05, 4.69) is 36.4 Å². The zero-order valence-electron chi connectivity index (χ0n) is 10.1. The number of aromatic nitrogens is 3. The predicted molar refractivity (Wildman–Crippen MR) is 76.3 cm³/mol. The summed E-state index contributed by atoms with van der Waals surface area (Å²) < 4.78 is 0.959. The van der Waals surface area contributed by atoms with Crippen LogP contribution in [0.4, 0.5) is 0 Å². The van der Waals surface area contributed by atoms with Gasteiger partial charge in [-0.05, 0) is 17.7 Å². The fourth-order valence-electron chi connectivity index (χ4n) is 1.49. The van der Waals surface area contributed by atoms with Crippen LogP contribution in [0.15, 0.2) is 41.1 Å². The Hall–Kier alpha value is -1.95. The number of carbonyl (C=O) groups excluding carboxylic acids is 1. The Morgan fingerprint density at radius 3 is 3.00 bits per heavy atom. The lowest BCUT2D eigenvalue weighted by Gasteiger charge is -2.00. The number of H-pyrrole nitrogens is 1. The Labute approximate surface area is 119 Å². The minimum absolute atomic E-state index is 0.129. The maximum Gasteiger partial charge on any atom is 0.244 e. The zero-order chi connectivity index (χ0) is 13.5. The molecule has 2 aromatic rings. The Bertz CT molecular complexity index is 566. The Morgan fingerprint density at radius 1 is 1.42 bits per heavy atom. The molecule has 2 N–H and O–H groups in total. The highest BCUT2D eigenvalue weighted by Crippen LogP contribution is 2.16. The molecular weight excluding hydrogens is 308 g/mol. The number of hydrogen-bond acceptors (Lipinski definition) is 3. The predicted octanol–water partition coefficient (Wildman–Crippen LogP) is 1.94. The van der Waals surface area contributed by atoms with Crippen LogP contribution in [0.2, 0.25) is 0 Å². The molecule has 6 heteroatoms. The number of amides is 1. The van der Waals surface area contributed by atoms with Gasteiger partial charge in [0.25, 0.3) is 0 Å². The van der Waals surface area contributed by atoms with Crippen LogP contribution >= 0.6 is 15.9 Å². The molecule has 0 bridgehead atoms. The van der Waals surface area contributed by atoms with E-state index in [0.29, 0.717) is 13.0 Å². The molecule has 98 valence electrons. The summed E-state index contributed by atoms with van der Waals surface area (Å²) in [6.07, 6.45) is 5.37.